The molecule has 6 nitrogen and oxygen atoms in total. The van der Waals surface area contributed by atoms with E-state index in [9.17, 15) is 13.2 Å². The van der Waals surface area contributed by atoms with Crippen LogP contribution in [-0.4, -0.2) is 72.5 Å². The van der Waals surface area contributed by atoms with E-state index in [0.717, 1.165) is 11.1 Å². The summed E-state index contributed by atoms with van der Waals surface area (Å²) < 4.78 is 24.3. The first-order valence-electron chi connectivity index (χ1n) is 8.80. The number of hydrogen-bond donors (Lipinski definition) is 1. The van der Waals surface area contributed by atoms with Crippen molar-refractivity contribution >= 4 is 15.7 Å². The highest BCUT2D eigenvalue weighted by atomic mass is 32.2. The summed E-state index contributed by atoms with van der Waals surface area (Å²) in [6, 6.07) is 7.50. The first-order valence-corrected chi connectivity index (χ1v) is 10.6. The fourth-order valence-electron chi connectivity index (χ4n) is 3.76. The van der Waals surface area contributed by atoms with E-state index in [1.54, 1.807) is 4.90 Å². The van der Waals surface area contributed by atoms with Crippen LogP contribution in [-0.2, 0) is 21.2 Å². The lowest BCUT2D eigenvalue weighted by Gasteiger charge is -2.43. The van der Waals surface area contributed by atoms with Crippen LogP contribution >= 0.6 is 0 Å². The van der Waals surface area contributed by atoms with Crippen molar-refractivity contribution in [2.45, 2.75) is 32.0 Å². The lowest BCUT2D eigenvalue weighted by molar-refractivity contribution is -0.134. The molecule has 2 fully saturated rings. The number of amides is 1. The zero-order chi connectivity index (χ0) is 18.7. The molecule has 0 unspecified atom stereocenters. The summed E-state index contributed by atoms with van der Waals surface area (Å²) in [4.78, 5) is 15.7. The molecule has 1 aromatic rings. The average Bonchev–Trinajstić information content (AvgIpc) is 2.92. The van der Waals surface area contributed by atoms with Crippen molar-refractivity contribution in [1.29, 1.82) is 0 Å². The Morgan fingerprint density at radius 1 is 1.19 bits per heavy atom. The van der Waals surface area contributed by atoms with Gasteiger partial charge in [0.2, 0.25) is 5.91 Å². The largest absolute Gasteiger partial charge is 0.395 e. The van der Waals surface area contributed by atoms with E-state index < -0.39 is 9.84 Å². The molecule has 2 atom stereocenters. The summed E-state index contributed by atoms with van der Waals surface area (Å²) in [6.45, 7) is 3.47. The zero-order valence-corrected chi connectivity index (χ0v) is 15.7. The number of carbonyl (C=O) groups is 1. The smallest absolute Gasteiger partial charge is 0.219 e. The molecular formula is C19H24N2O4S. The van der Waals surface area contributed by atoms with Crippen LogP contribution in [0.2, 0.25) is 0 Å². The Morgan fingerprint density at radius 3 is 2.54 bits per heavy atom. The van der Waals surface area contributed by atoms with E-state index in [1.165, 1.54) is 6.92 Å². The van der Waals surface area contributed by atoms with Crippen LogP contribution in [0.3, 0.4) is 0 Å². The Kier molecular flexibility index (Phi) is 5.66. The maximum atomic E-state index is 12.1. The van der Waals surface area contributed by atoms with Crippen LogP contribution < -0.4 is 0 Å². The molecule has 7 heteroatoms. The first kappa shape index (κ1) is 18.9. The second-order valence-electron chi connectivity index (χ2n) is 6.87. The zero-order valence-electron chi connectivity index (χ0n) is 14.9. The standard InChI is InChI=1S/C19H24N2O4S/c1-15(23)21-10-9-20(18-13-26(24,25)14-19(18)21)12-17-7-5-16(6-8-17)4-2-3-11-22/h5-8,18-19,22H,3,9-14H2,1H3/t18-,19+/m1/s1. The Morgan fingerprint density at radius 2 is 1.88 bits per heavy atom. The molecule has 2 saturated heterocycles. The molecule has 0 radical (unpaired) electrons. The molecule has 1 aromatic carbocycles. The van der Waals surface area contributed by atoms with E-state index in [-0.39, 0.29) is 36.1 Å². The Bertz CT molecular complexity index is 823. The average molecular weight is 376 g/mol. The van der Waals surface area contributed by atoms with Crippen molar-refractivity contribution in [3.05, 3.63) is 35.4 Å². The van der Waals surface area contributed by atoms with Gasteiger partial charge < -0.3 is 10.0 Å². The second kappa shape index (κ2) is 7.78. The second-order valence-corrected chi connectivity index (χ2v) is 9.02. The monoisotopic (exact) mass is 376 g/mol. The van der Waals surface area contributed by atoms with Crippen LogP contribution in [0.5, 0.6) is 0 Å². The summed E-state index contributed by atoms with van der Waals surface area (Å²) >= 11 is 0. The topological polar surface area (TPSA) is 77.9 Å². The fourth-order valence-corrected chi connectivity index (χ4v) is 5.77. The predicted molar refractivity (Wildman–Crippen MR) is 99.0 cm³/mol. The summed E-state index contributed by atoms with van der Waals surface area (Å²) in [6.07, 6.45) is 0.458. The molecule has 0 bridgehead atoms. The van der Waals surface area contributed by atoms with Gasteiger partial charge in [-0.2, -0.15) is 0 Å². The van der Waals surface area contributed by atoms with Crippen LogP contribution in [0.4, 0.5) is 0 Å². The molecule has 0 aliphatic carbocycles. The Hall–Kier alpha value is -1.88. The summed E-state index contributed by atoms with van der Waals surface area (Å²) in [5.74, 6) is 6.01. The predicted octanol–water partition coefficient (Wildman–Crippen LogP) is 0.250. The quantitative estimate of drug-likeness (QED) is 0.766. The molecular weight excluding hydrogens is 352 g/mol. The van der Waals surface area contributed by atoms with E-state index >= 15 is 0 Å². The highest BCUT2D eigenvalue weighted by Crippen LogP contribution is 2.28. The van der Waals surface area contributed by atoms with E-state index in [2.05, 4.69) is 16.7 Å². The minimum atomic E-state index is -3.11. The molecule has 0 saturated carbocycles. The number of fused-ring (bicyclic) bond motifs is 1. The highest BCUT2D eigenvalue weighted by Gasteiger charge is 2.47. The third kappa shape index (κ3) is 4.26. The van der Waals surface area contributed by atoms with E-state index in [1.807, 2.05) is 24.3 Å². The van der Waals surface area contributed by atoms with Gasteiger partial charge in [0.1, 0.15) is 0 Å². The number of piperazine rings is 1. The first-order chi connectivity index (χ1) is 12.4. The molecule has 0 aromatic heterocycles. The van der Waals surface area contributed by atoms with Gasteiger partial charge in [-0.1, -0.05) is 24.0 Å². The van der Waals surface area contributed by atoms with Gasteiger partial charge in [-0.15, -0.1) is 0 Å². The maximum absolute atomic E-state index is 12.1. The number of rotatable bonds is 3. The van der Waals surface area contributed by atoms with Gasteiger partial charge >= 0.3 is 0 Å². The van der Waals surface area contributed by atoms with Crippen molar-refractivity contribution in [1.82, 2.24) is 9.80 Å². The lowest BCUT2D eigenvalue weighted by atomic mass is 10.0. The number of benzene rings is 1. The molecule has 2 heterocycles. The number of nitrogens with zero attached hydrogens (tertiary/aromatic N) is 2. The molecule has 3 rings (SSSR count). The van der Waals surface area contributed by atoms with Gasteiger partial charge in [-0.25, -0.2) is 8.42 Å². The van der Waals surface area contributed by atoms with Crippen molar-refractivity contribution in [3.8, 4) is 11.8 Å². The Labute approximate surface area is 154 Å². The Balaban J connectivity index is 1.72. The van der Waals surface area contributed by atoms with Crippen LogP contribution in [0.15, 0.2) is 24.3 Å². The van der Waals surface area contributed by atoms with Crippen molar-refractivity contribution in [3.63, 3.8) is 0 Å². The third-order valence-corrected chi connectivity index (χ3v) is 6.70. The number of hydrogen-bond acceptors (Lipinski definition) is 5. The van der Waals surface area contributed by atoms with Crippen LogP contribution in [0.1, 0.15) is 24.5 Å². The third-order valence-electron chi connectivity index (χ3n) is 5.00. The van der Waals surface area contributed by atoms with Gasteiger partial charge in [0.25, 0.3) is 0 Å². The minimum Gasteiger partial charge on any atom is -0.395 e. The van der Waals surface area contributed by atoms with Crippen molar-refractivity contribution < 1.29 is 18.3 Å². The van der Waals surface area contributed by atoms with Gasteiger partial charge in [0.15, 0.2) is 9.84 Å². The fraction of sp³-hybridized carbons (Fsp3) is 0.526. The molecule has 2 aliphatic heterocycles. The van der Waals surface area contributed by atoms with Crippen molar-refractivity contribution in [2.24, 2.45) is 0 Å². The van der Waals surface area contributed by atoms with Crippen LogP contribution in [0.25, 0.3) is 0 Å². The normalized spacial score (nSPS) is 24.6. The molecule has 26 heavy (non-hydrogen) atoms. The molecule has 1 amide bonds. The van der Waals surface area contributed by atoms with Gasteiger partial charge in [-0.05, 0) is 17.7 Å². The lowest BCUT2D eigenvalue weighted by Crippen LogP contribution is -2.59. The number of sulfone groups is 1. The van der Waals surface area contributed by atoms with Gasteiger partial charge in [0, 0.05) is 44.6 Å². The minimum absolute atomic E-state index is 0.0532. The molecule has 2 aliphatic rings. The van der Waals surface area contributed by atoms with Gasteiger partial charge in [0.05, 0.1) is 24.2 Å². The maximum Gasteiger partial charge on any atom is 0.219 e. The number of aliphatic hydroxyl groups excluding tert-OH is 1. The van der Waals surface area contributed by atoms with E-state index in [0.29, 0.717) is 26.1 Å². The highest BCUT2D eigenvalue weighted by molar-refractivity contribution is 7.91. The number of aliphatic hydroxyl groups is 1. The summed E-state index contributed by atoms with van der Waals surface area (Å²) in [5, 5.41) is 8.76. The van der Waals surface area contributed by atoms with Crippen molar-refractivity contribution in [2.75, 3.05) is 31.2 Å². The SMILES string of the molecule is CC(=O)N1CCN(Cc2ccc(C#CCCO)cc2)[C@@H]2CS(=O)(=O)C[C@@H]21. The molecule has 0 spiro atoms. The summed E-state index contributed by atoms with van der Waals surface area (Å²) in [5.41, 5.74) is 1.99. The summed E-state index contributed by atoms with van der Waals surface area (Å²) in [7, 11) is -3.11. The van der Waals surface area contributed by atoms with Crippen LogP contribution in [0, 0.1) is 11.8 Å². The van der Waals surface area contributed by atoms with E-state index in [4.69, 9.17) is 5.11 Å². The van der Waals surface area contributed by atoms with Gasteiger partial charge in [-0.3, -0.25) is 9.69 Å². The molecule has 140 valence electrons. The number of carbonyl (C=O) groups excluding carboxylic acids is 1. The molecule has 1 N–H and O–H groups in total.